The summed E-state index contributed by atoms with van der Waals surface area (Å²) in [7, 11) is 0. The van der Waals surface area contributed by atoms with Gasteiger partial charge in [-0.05, 0) is 17.7 Å². The molecule has 0 amide bonds. The van der Waals surface area contributed by atoms with E-state index in [0.717, 1.165) is 0 Å². The van der Waals surface area contributed by atoms with Crippen molar-refractivity contribution in [3.63, 3.8) is 0 Å². The van der Waals surface area contributed by atoms with E-state index in [4.69, 9.17) is 17.3 Å². The quantitative estimate of drug-likeness (QED) is 0.764. The zero-order valence-electron chi connectivity index (χ0n) is 6.18. The van der Waals surface area contributed by atoms with Crippen LogP contribution in [0.4, 0.5) is 8.78 Å². The second-order valence-corrected chi connectivity index (χ2v) is 2.85. The maximum absolute atomic E-state index is 12.1. The van der Waals surface area contributed by atoms with E-state index in [-0.39, 0.29) is 0 Å². The summed E-state index contributed by atoms with van der Waals surface area (Å²) in [5, 5.41) is 0.420. The first kappa shape index (κ1) is 9.42. The molecule has 0 aromatic heterocycles. The number of hydrogen-bond donors (Lipinski definition) is 1. The van der Waals surface area contributed by atoms with E-state index in [1.807, 2.05) is 0 Å². The van der Waals surface area contributed by atoms with E-state index >= 15 is 0 Å². The highest BCUT2D eigenvalue weighted by atomic mass is 35.5. The van der Waals surface area contributed by atoms with Gasteiger partial charge >= 0.3 is 0 Å². The molecule has 0 heterocycles. The first-order chi connectivity index (χ1) is 5.61. The summed E-state index contributed by atoms with van der Waals surface area (Å²) in [5.41, 5.74) is 5.56. The summed E-state index contributed by atoms with van der Waals surface area (Å²) < 4.78 is 24.2. The molecule has 0 radical (unpaired) electrons. The second-order valence-electron chi connectivity index (χ2n) is 2.42. The van der Waals surface area contributed by atoms with Gasteiger partial charge in [0.2, 0.25) is 0 Å². The van der Waals surface area contributed by atoms with Gasteiger partial charge in [-0.25, -0.2) is 8.78 Å². The van der Waals surface area contributed by atoms with Crippen molar-refractivity contribution in [1.29, 1.82) is 0 Å². The molecule has 1 aromatic carbocycles. The molecular weight excluding hydrogens is 184 g/mol. The first-order valence-corrected chi connectivity index (χ1v) is 3.78. The summed E-state index contributed by atoms with van der Waals surface area (Å²) in [6, 6.07) is 4.94. The van der Waals surface area contributed by atoms with Crippen LogP contribution in [0, 0.1) is 0 Å². The molecule has 1 aromatic rings. The van der Waals surface area contributed by atoms with Gasteiger partial charge in [-0.3, -0.25) is 0 Å². The number of nitrogens with two attached hydrogens (primary N) is 1. The molecule has 0 aliphatic rings. The molecule has 0 aliphatic carbocycles. The summed E-state index contributed by atoms with van der Waals surface area (Å²) in [4.78, 5) is 0. The van der Waals surface area contributed by atoms with Crippen LogP contribution < -0.4 is 5.73 Å². The summed E-state index contributed by atoms with van der Waals surface area (Å²) >= 11 is 5.59. The van der Waals surface area contributed by atoms with Crippen LogP contribution in [-0.2, 0) is 0 Å². The monoisotopic (exact) mass is 191 g/mol. The predicted octanol–water partition coefficient (Wildman–Crippen LogP) is 2.60. The predicted molar refractivity (Wildman–Crippen MR) is 44.4 cm³/mol. The number of alkyl halides is 2. The minimum atomic E-state index is -2.55. The van der Waals surface area contributed by atoms with Crippen LogP contribution in [0.1, 0.15) is 11.6 Å². The van der Waals surface area contributed by atoms with E-state index in [1.165, 1.54) is 12.1 Å². The largest absolute Gasteiger partial charge is 0.319 e. The Morgan fingerprint density at radius 1 is 1.33 bits per heavy atom. The third-order valence-corrected chi connectivity index (χ3v) is 1.74. The molecule has 1 rings (SSSR count). The third kappa shape index (κ3) is 2.16. The maximum Gasteiger partial charge on any atom is 0.257 e. The minimum Gasteiger partial charge on any atom is -0.319 e. The number of rotatable bonds is 2. The van der Waals surface area contributed by atoms with Crippen molar-refractivity contribution in [2.45, 2.75) is 12.5 Å². The molecule has 0 spiro atoms. The SMILES string of the molecule is NC(c1cccc(Cl)c1)C(F)F. The lowest BCUT2D eigenvalue weighted by molar-refractivity contribution is 0.116. The van der Waals surface area contributed by atoms with Crippen molar-refractivity contribution in [3.05, 3.63) is 34.9 Å². The fraction of sp³-hybridized carbons (Fsp3) is 0.250. The van der Waals surface area contributed by atoms with Gasteiger partial charge in [-0.15, -0.1) is 0 Å². The smallest absolute Gasteiger partial charge is 0.257 e. The summed E-state index contributed by atoms with van der Waals surface area (Å²) in [5.74, 6) is 0. The van der Waals surface area contributed by atoms with Crippen molar-refractivity contribution in [2.75, 3.05) is 0 Å². The fourth-order valence-electron chi connectivity index (χ4n) is 0.859. The minimum absolute atomic E-state index is 0.359. The van der Waals surface area contributed by atoms with Gasteiger partial charge in [0.15, 0.2) is 0 Å². The molecule has 0 bridgehead atoms. The standard InChI is InChI=1S/C8H8ClF2N/c9-6-3-1-2-5(4-6)7(12)8(10)11/h1-4,7-8H,12H2. The molecule has 2 N–H and O–H groups in total. The molecular formula is C8H8ClF2N. The molecule has 66 valence electrons. The lowest BCUT2D eigenvalue weighted by atomic mass is 10.1. The molecule has 0 saturated carbocycles. The lowest BCUT2D eigenvalue weighted by Gasteiger charge is -2.10. The third-order valence-electron chi connectivity index (χ3n) is 1.51. The average Bonchev–Trinajstić information content (AvgIpc) is 2.03. The average molecular weight is 192 g/mol. The normalized spacial score (nSPS) is 13.4. The van der Waals surface area contributed by atoms with Gasteiger partial charge in [0.25, 0.3) is 6.43 Å². The first-order valence-electron chi connectivity index (χ1n) is 3.40. The van der Waals surface area contributed by atoms with E-state index in [1.54, 1.807) is 12.1 Å². The summed E-state index contributed by atoms with van der Waals surface area (Å²) in [6.45, 7) is 0. The van der Waals surface area contributed by atoms with Gasteiger partial charge in [0.1, 0.15) is 0 Å². The Bertz CT molecular complexity index is 265. The fourth-order valence-corrected chi connectivity index (χ4v) is 1.06. The highest BCUT2D eigenvalue weighted by Crippen LogP contribution is 2.20. The van der Waals surface area contributed by atoms with E-state index in [9.17, 15) is 8.78 Å². The summed E-state index contributed by atoms with van der Waals surface area (Å²) in [6.07, 6.45) is -2.55. The van der Waals surface area contributed by atoms with Crippen molar-refractivity contribution in [3.8, 4) is 0 Å². The van der Waals surface area contributed by atoms with Crippen molar-refractivity contribution in [2.24, 2.45) is 5.73 Å². The second kappa shape index (κ2) is 3.83. The maximum atomic E-state index is 12.1. The Kier molecular flexibility index (Phi) is 3.00. The van der Waals surface area contributed by atoms with Crippen molar-refractivity contribution >= 4 is 11.6 Å². The molecule has 4 heteroatoms. The van der Waals surface area contributed by atoms with Gasteiger partial charge in [-0.2, -0.15) is 0 Å². The van der Waals surface area contributed by atoms with Crippen LogP contribution in [0.15, 0.2) is 24.3 Å². The molecule has 1 unspecified atom stereocenters. The molecule has 0 aliphatic heterocycles. The Hall–Kier alpha value is -0.670. The number of halogens is 3. The molecule has 0 saturated heterocycles. The number of hydrogen-bond acceptors (Lipinski definition) is 1. The topological polar surface area (TPSA) is 26.0 Å². The molecule has 1 nitrogen and oxygen atoms in total. The number of benzene rings is 1. The van der Waals surface area contributed by atoms with Crippen LogP contribution in [0.2, 0.25) is 5.02 Å². The zero-order valence-corrected chi connectivity index (χ0v) is 6.93. The Labute approximate surface area is 74.1 Å². The van der Waals surface area contributed by atoms with Gasteiger partial charge in [-0.1, -0.05) is 23.7 Å². The van der Waals surface area contributed by atoms with Crippen LogP contribution >= 0.6 is 11.6 Å². The van der Waals surface area contributed by atoms with Crippen LogP contribution in [0.3, 0.4) is 0 Å². The van der Waals surface area contributed by atoms with Gasteiger partial charge in [0.05, 0.1) is 6.04 Å². The van der Waals surface area contributed by atoms with E-state index in [0.29, 0.717) is 10.6 Å². The van der Waals surface area contributed by atoms with Crippen molar-refractivity contribution < 1.29 is 8.78 Å². The van der Waals surface area contributed by atoms with E-state index < -0.39 is 12.5 Å². The molecule has 12 heavy (non-hydrogen) atoms. The Balaban J connectivity index is 2.88. The van der Waals surface area contributed by atoms with Crippen molar-refractivity contribution in [1.82, 2.24) is 0 Å². The molecule has 1 atom stereocenters. The molecule has 0 fully saturated rings. The van der Waals surface area contributed by atoms with Crippen LogP contribution in [-0.4, -0.2) is 6.43 Å². The Morgan fingerprint density at radius 2 is 2.00 bits per heavy atom. The van der Waals surface area contributed by atoms with Crippen LogP contribution in [0.5, 0.6) is 0 Å². The highest BCUT2D eigenvalue weighted by molar-refractivity contribution is 6.30. The van der Waals surface area contributed by atoms with Gasteiger partial charge < -0.3 is 5.73 Å². The lowest BCUT2D eigenvalue weighted by Crippen LogP contribution is -2.18. The zero-order chi connectivity index (χ0) is 9.14. The van der Waals surface area contributed by atoms with Gasteiger partial charge in [0, 0.05) is 5.02 Å². The Morgan fingerprint density at radius 3 is 2.50 bits per heavy atom. The van der Waals surface area contributed by atoms with Crippen LogP contribution in [0.25, 0.3) is 0 Å². The highest BCUT2D eigenvalue weighted by Gasteiger charge is 2.16. The van der Waals surface area contributed by atoms with E-state index in [2.05, 4.69) is 0 Å².